The molecule has 0 aliphatic carbocycles. The van der Waals surface area contributed by atoms with E-state index in [-0.39, 0.29) is 22.7 Å². The molecule has 1 aromatic rings. The lowest BCUT2D eigenvalue weighted by Crippen LogP contribution is -2.48. The number of carbonyl (C=O) groups excluding carboxylic acids is 2. The fourth-order valence-electron chi connectivity index (χ4n) is 3.92. The molecule has 2 saturated heterocycles. The Morgan fingerprint density at radius 1 is 1.24 bits per heavy atom. The van der Waals surface area contributed by atoms with Gasteiger partial charge in [-0.15, -0.1) is 11.8 Å². The topological polar surface area (TPSA) is 49.4 Å². The molecule has 0 aromatic heterocycles. The third-order valence-electron chi connectivity index (χ3n) is 5.37. The fourth-order valence-corrected chi connectivity index (χ4v) is 5.35. The van der Waals surface area contributed by atoms with Crippen LogP contribution in [0.5, 0.6) is 0 Å². The maximum absolute atomic E-state index is 13.1. The number of para-hydroxylation sites is 1. The van der Waals surface area contributed by atoms with Crippen molar-refractivity contribution in [3.8, 4) is 0 Å². The Hall–Kier alpha value is -1.49. The molecule has 1 aromatic carbocycles. The smallest absolute Gasteiger partial charge is 0.248 e. The summed E-state index contributed by atoms with van der Waals surface area (Å²) in [5.74, 6) is 1.38. The molecule has 3 rings (SSSR count). The Morgan fingerprint density at radius 2 is 1.84 bits per heavy atom. The van der Waals surface area contributed by atoms with Crippen LogP contribution in [-0.2, 0) is 9.59 Å². The minimum Gasteiger partial charge on any atom is -0.324 e. The van der Waals surface area contributed by atoms with E-state index in [0.717, 1.165) is 23.2 Å². The summed E-state index contributed by atoms with van der Waals surface area (Å²) in [5, 5.41) is 3.19. The largest absolute Gasteiger partial charge is 0.324 e. The highest BCUT2D eigenvalue weighted by atomic mass is 32.2. The van der Waals surface area contributed by atoms with Crippen molar-refractivity contribution >= 4 is 29.3 Å². The number of carbonyl (C=O) groups is 2. The molecule has 2 aliphatic heterocycles. The average Bonchev–Trinajstić information content (AvgIpc) is 3.03. The highest BCUT2D eigenvalue weighted by Gasteiger charge is 2.52. The monoisotopic (exact) mass is 360 g/mol. The zero-order chi connectivity index (χ0) is 18.4. The molecule has 2 heterocycles. The van der Waals surface area contributed by atoms with E-state index < -0.39 is 0 Å². The van der Waals surface area contributed by atoms with Crippen LogP contribution in [0.4, 0.5) is 5.69 Å². The number of amides is 2. The lowest BCUT2D eigenvalue weighted by atomic mass is 9.92. The normalized spacial score (nSPS) is 25.8. The van der Waals surface area contributed by atoms with Crippen molar-refractivity contribution in [1.82, 2.24) is 4.90 Å². The molecule has 2 amide bonds. The van der Waals surface area contributed by atoms with Crippen LogP contribution in [0, 0.1) is 0 Å². The van der Waals surface area contributed by atoms with E-state index in [4.69, 9.17) is 0 Å². The summed E-state index contributed by atoms with van der Waals surface area (Å²) in [6.45, 7) is 10.6. The maximum atomic E-state index is 13.1. The van der Waals surface area contributed by atoms with E-state index in [1.54, 1.807) is 11.8 Å². The number of anilines is 1. The summed E-state index contributed by atoms with van der Waals surface area (Å²) < 4.78 is 0. The predicted octanol–water partition coefficient (Wildman–Crippen LogP) is 4.33. The van der Waals surface area contributed by atoms with Gasteiger partial charge >= 0.3 is 0 Å². The highest BCUT2D eigenvalue weighted by Crippen LogP contribution is 2.47. The molecule has 0 spiro atoms. The zero-order valence-corrected chi connectivity index (χ0v) is 16.6. The van der Waals surface area contributed by atoms with Crippen LogP contribution < -0.4 is 5.32 Å². The van der Waals surface area contributed by atoms with Crippen molar-refractivity contribution in [3.05, 3.63) is 29.3 Å². The van der Waals surface area contributed by atoms with Gasteiger partial charge in [0.2, 0.25) is 11.8 Å². The molecule has 0 radical (unpaired) electrons. The van der Waals surface area contributed by atoms with Crippen LogP contribution in [0.25, 0.3) is 0 Å². The Morgan fingerprint density at radius 3 is 2.40 bits per heavy atom. The van der Waals surface area contributed by atoms with Gasteiger partial charge in [-0.25, -0.2) is 0 Å². The van der Waals surface area contributed by atoms with Crippen LogP contribution in [0.3, 0.4) is 0 Å². The molecule has 2 fully saturated rings. The van der Waals surface area contributed by atoms with Crippen molar-refractivity contribution in [2.75, 3.05) is 11.1 Å². The van der Waals surface area contributed by atoms with Gasteiger partial charge in [-0.2, -0.15) is 0 Å². The minimum atomic E-state index is -0.370. The molecule has 136 valence electrons. The Bertz CT molecular complexity index is 675. The Labute approximate surface area is 154 Å². The molecular formula is C20H28N2O2S. The number of nitrogens with one attached hydrogen (secondary N) is 1. The van der Waals surface area contributed by atoms with E-state index in [2.05, 4.69) is 58.1 Å². The first kappa shape index (κ1) is 18.3. The standard InChI is InChI=1S/C20H28N2O2S/c1-12(2)14-7-6-8-15(13(3)4)18(14)21-19(24)16-11-25-20(5)10-9-17(23)22(16)20/h6-8,12-13,16H,9-11H2,1-5H3,(H,21,24). The SMILES string of the molecule is CC(C)c1cccc(C(C)C)c1NC(=O)C1CSC2(C)CCC(=O)N12. The first-order valence-electron chi connectivity index (χ1n) is 9.14. The van der Waals surface area contributed by atoms with Gasteiger partial charge in [-0.3, -0.25) is 9.59 Å². The van der Waals surface area contributed by atoms with Gasteiger partial charge < -0.3 is 10.2 Å². The first-order chi connectivity index (χ1) is 11.7. The summed E-state index contributed by atoms with van der Waals surface area (Å²) >= 11 is 1.73. The molecular weight excluding hydrogens is 332 g/mol. The lowest BCUT2D eigenvalue weighted by Gasteiger charge is -2.30. The van der Waals surface area contributed by atoms with Gasteiger partial charge in [-0.05, 0) is 36.3 Å². The number of hydrogen-bond acceptors (Lipinski definition) is 3. The predicted molar refractivity (Wildman–Crippen MR) is 104 cm³/mol. The van der Waals surface area contributed by atoms with Crippen molar-refractivity contribution in [2.45, 2.75) is 70.2 Å². The van der Waals surface area contributed by atoms with Crippen LogP contribution in [-0.4, -0.2) is 33.4 Å². The average molecular weight is 361 g/mol. The summed E-state index contributed by atoms with van der Waals surface area (Å²) in [6.07, 6.45) is 1.38. The molecule has 0 bridgehead atoms. The summed E-state index contributed by atoms with van der Waals surface area (Å²) in [6, 6.07) is 5.86. The second-order valence-electron chi connectivity index (χ2n) is 7.88. The Kier molecular flexibility index (Phi) is 4.89. The summed E-state index contributed by atoms with van der Waals surface area (Å²) in [4.78, 5) is 27.0. The molecule has 4 nitrogen and oxygen atoms in total. The second-order valence-corrected chi connectivity index (χ2v) is 9.38. The van der Waals surface area contributed by atoms with Gasteiger partial charge in [0.25, 0.3) is 0 Å². The number of rotatable bonds is 4. The second kappa shape index (κ2) is 6.67. The van der Waals surface area contributed by atoms with Crippen LogP contribution in [0.15, 0.2) is 18.2 Å². The van der Waals surface area contributed by atoms with Crippen molar-refractivity contribution in [1.29, 1.82) is 0 Å². The molecule has 0 saturated carbocycles. The maximum Gasteiger partial charge on any atom is 0.248 e. The first-order valence-corrected chi connectivity index (χ1v) is 10.1. The molecule has 1 N–H and O–H groups in total. The van der Waals surface area contributed by atoms with Crippen molar-refractivity contribution < 1.29 is 9.59 Å². The van der Waals surface area contributed by atoms with E-state index >= 15 is 0 Å². The van der Waals surface area contributed by atoms with E-state index in [1.165, 1.54) is 0 Å². The lowest BCUT2D eigenvalue weighted by molar-refractivity contribution is -0.135. The quantitative estimate of drug-likeness (QED) is 0.869. The molecule has 2 atom stereocenters. The third kappa shape index (κ3) is 3.19. The number of hydrogen-bond donors (Lipinski definition) is 1. The molecule has 2 aliphatic rings. The van der Waals surface area contributed by atoms with Gasteiger partial charge in [0.05, 0.1) is 4.87 Å². The fraction of sp³-hybridized carbons (Fsp3) is 0.600. The highest BCUT2D eigenvalue weighted by molar-refractivity contribution is 8.01. The molecule has 2 unspecified atom stereocenters. The number of nitrogens with zero attached hydrogens (tertiary/aromatic N) is 1. The number of thioether (sulfide) groups is 1. The van der Waals surface area contributed by atoms with Crippen LogP contribution in [0.2, 0.25) is 0 Å². The van der Waals surface area contributed by atoms with E-state index in [9.17, 15) is 9.59 Å². The molecule has 25 heavy (non-hydrogen) atoms. The van der Waals surface area contributed by atoms with Crippen LogP contribution in [0.1, 0.15) is 70.4 Å². The Balaban J connectivity index is 1.90. The number of fused-ring (bicyclic) bond motifs is 1. The van der Waals surface area contributed by atoms with Gasteiger partial charge in [-0.1, -0.05) is 45.9 Å². The third-order valence-corrected chi connectivity index (χ3v) is 6.87. The van der Waals surface area contributed by atoms with E-state index in [1.807, 2.05) is 4.90 Å². The molecule has 5 heteroatoms. The van der Waals surface area contributed by atoms with E-state index in [0.29, 0.717) is 24.0 Å². The van der Waals surface area contributed by atoms with Crippen LogP contribution >= 0.6 is 11.8 Å². The van der Waals surface area contributed by atoms with Crippen molar-refractivity contribution in [2.24, 2.45) is 0 Å². The van der Waals surface area contributed by atoms with Gasteiger partial charge in [0.1, 0.15) is 6.04 Å². The number of benzene rings is 1. The minimum absolute atomic E-state index is 0.0542. The summed E-state index contributed by atoms with van der Waals surface area (Å²) in [7, 11) is 0. The zero-order valence-electron chi connectivity index (χ0n) is 15.8. The van der Waals surface area contributed by atoms with Gasteiger partial charge in [0.15, 0.2) is 0 Å². The summed E-state index contributed by atoms with van der Waals surface area (Å²) in [5.41, 5.74) is 3.24. The van der Waals surface area contributed by atoms with Crippen molar-refractivity contribution in [3.63, 3.8) is 0 Å². The van der Waals surface area contributed by atoms with Gasteiger partial charge in [0, 0.05) is 17.9 Å².